The van der Waals surface area contributed by atoms with E-state index < -0.39 is 38.5 Å². The molecule has 3 aromatic carbocycles. The van der Waals surface area contributed by atoms with Gasteiger partial charge < -0.3 is 0 Å². The second-order valence-electron chi connectivity index (χ2n) is 6.90. The molecule has 0 amide bonds. The van der Waals surface area contributed by atoms with E-state index in [1.165, 1.54) is 12.1 Å². The van der Waals surface area contributed by atoms with Crippen molar-refractivity contribution in [3.8, 4) is 11.5 Å². The van der Waals surface area contributed by atoms with Crippen LogP contribution in [-0.4, -0.2) is 21.0 Å². The summed E-state index contributed by atoms with van der Waals surface area (Å²) in [6.07, 6.45) is 2.29. The number of rotatable bonds is 9. The van der Waals surface area contributed by atoms with Gasteiger partial charge in [-0.1, -0.05) is 0 Å². The van der Waals surface area contributed by atoms with Gasteiger partial charge in [0.25, 0.3) is 0 Å². The van der Waals surface area contributed by atoms with Gasteiger partial charge in [-0.2, -0.15) is 0 Å². The SMILES string of the molecule is Cc1ccc(S(=O)(=O)n2cc(I(O)OP(=O)(Oc3ccccc3)Oc3ccccc3)cn2)cc1. The fourth-order valence-electron chi connectivity index (χ4n) is 2.71. The molecule has 0 aliphatic rings. The van der Waals surface area contributed by atoms with Gasteiger partial charge >= 0.3 is 206 Å². The molecule has 0 saturated carbocycles. The van der Waals surface area contributed by atoms with Crippen molar-refractivity contribution in [2.45, 2.75) is 11.8 Å². The van der Waals surface area contributed by atoms with Crippen molar-refractivity contribution in [2.75, 3.05) is 0 Å². The van der Waals surface area contributed by atoms with Crippen LogP contribution in [0.5, 0.6) is 11.5 Å². The first-order valence-corrected chi connectivity index (χ1v) is 15.6. The molecular weight excluding hydrogens is 594 g/mol. The first-order chi connectivity index (χ1) is 16.2. The second kappa shape index (κ2) is 10.3. The van der Waals surface area contributed by atoms with E-state index in [-0.39, 0.29) is 20.0 Å². The molecule has 0 aliphatic carbocycles. The Kier molecular flexibility index (Phi) is 7.39. The number of benzene rings is 3. The van der Waals surface area contributed by atoms with Crippen LogP contribution in [0, 0.1) is 10.5 Å². The molecule has 1 aromatic heterocycles. The van der Waals surface area contributed by atoms with Crippen molar-refractivity contribution in [2.24, 2.45) is 0 Å². The minimum atomic E-state index is -4.35. The molecule has 0 bridgehead atoms. The van der Waals surface area contributed by atoms with Gasteiger partial charge in [-0.05, 0) is 0 Å². The Morgan fingerprint density at radius 1 is 0.882 bits per heavy atom. The van der Waals surface area contributed by atoms with Crippen LogP contribution in [0.1, 0.15) is 5.56 Å². The number of nitrogens with zero attached hydrogens (tertiary/aromatic N) is 2. The Bertz CT molecular complexity index is 1350. The number of phosphoric acid groups is 1. The average Bonchev–Trinajstić information content (AvgIpc) is 3.32. The summed E-state index contributed by atoms with van der Waals surface area (Å²) in [6.45, 7) is 1.84. The Morgan fingerprint density at radius 2 is 1.41 bits per heavy atom. The molecule has 0 radical (unpaired) electrons. The van der Waals surface area contributed by atoms with Crippen molar-refractivity contribution in [1.29, 1.82) is 0 Å². The molecule has 0 unspecified atom stereocenters. The maximum absolute atomic E-state index is 13.5. The van der Waals surface area contributed by atoms with E-state index in [2.05, 4.69) is 5.10 Å². The standard InChI is InChI=1S/C22H20IN2O7PS/c1-18-12-14-22(15-13-18)34(28,29)25-17-19(16-24-25)23(26)32-33(27,30-20-8-4-2-5-9-20)31-21-10-6-3-7-11-21/h2-17,26H,1H3. The fraction of sp³-hybridized carbons (Fsp3) is 0.0455. The van der Waals surface area contributed by atoms with E-state index in [1.54, 1.807) is 72.8 Å². The van der Waals surface area contributed by atoms with Crippen LogP contribution in [-0.2, 0) is 17.4 Å². The van der Waals surface area contributed by atoms with E-state index in [0.29, 0.717) is 0 Å². The summed E-state index contributed by atoms with van der Waals surface area (Å²) < 4.78 is 67.2. The number of hydrogen-bond donors (Lipinski definition) is 1. The molecule has 0 saturated heterocycles. The van der Waals surface area contributed by atoms with Gasteiger partial charge in [-0.15, -0.1) is 0 Å². The molecule has 1 heterocycles. The van der Waals surface area contributed by atoms with Gasteiger partial charge in [-0.3, -0.25) is 0 Å². The van der Waals surface area contributed by atoms with Gasteiger partial charge in [0.1, 0.15) is 0 Å². The van der Waals surface area contributed by atoms with E-state index in [1.807, 2.05) is 6.92 Å². The number of aromatic nitrogens is 2. The zero-order valence-corrected chi connectivity index (χ0v) is 21.6. The number of hydrogen-bond acceptors (Lipinski definition) is 8. The van der Waals surface area contributed by atoms with E-state index in [0.717, 1.165) is 22.0 Å². The Hall–Kier alpha value is -2.70. The Balaban J connectivity index is 1.58. The molecule has 0 atom stereocenters. The van der Waals surface area contributed by atoms with Crippen LogP contribution in [0.25, 0.3) is 0 Å². The summed E-state index contributed by atoms with van der Waals surface area (Å²) in [7, 11) is -8.32. The Labute approximate surface area is 205 Å². The third-order valence-corrected chi connectivity index (χ3v) is 11.3. The van der Waals surface area contributed by atoms with E-state index >= 15 is 0 Å². The monoisotopic (exact) mass is 614 g/mol. The molecule has 0 spiro atoms. The summed E-state index contributed by atoms with van der Waals surface area (Å²) >= 11 is -3.69. The molecule has 0 fully saturated rings. The van der Waals surface area contributed by atoms with Crippen molar-refractivity contribution in [1.82, 2.24) is 9.19 Å². The molecule has 34 heavy (non-hydrogen) atoms. The summed E-state index contributed by atoms with van der Waals surface area (Å²) in [6, 6.07) is 22.7. The zero-order chi connectivity index (χ0) is 24.2. The van der Waals surface area contributed by atoms with Crippen LogP contribution in [0.3, 0.4) is 0 Å². The third-order valence-electron chi connectivity index (χ3n) is 4.35. The molecule has 1 N–H and O–H groups in total. The van der Waals surface area contributed by atoms with Gasteiger partial charge in [0.15, 0.2) is 0 Å². The molecule has 12 heteroatoms. The molecule has 178 valence electrons. The third kappa shape index (κ3) is 5.86. The summed E-state index contributed by atoms with van der Waals surface area (Å²) in [5.74, 6) is 0.423. The number of halogens is 1. The van der Waals surface area contributed by atoms with Crippen LogP contribution < -0.4 is 9.05 Å². The van der Waals surface area contributed by atoms with Gasteiger partial charge in [0.05, 0.1) is 0 Å². The number of aryl methyl sites for hydroxylation is 1. The quantitative estimate of drug-likeness (QED) is 0.202. The fourth-order valence-corrected chi connectivity index (χ4v) is 8.51. The average molecular weight is 614 g/mol. The number of para-hydroxylation sites is 2. The zero-order valence-electron chi connectivity index (χ0n) is 17.8. The van der Waals surface area contributed by atoms with E-state index in [4.69, 9.17) is 11.9 Å². The summed E-state index contributed by atoms with van der Waals surface area (Å²) in [4.78, 5) is 0.0393. The first kappa shape index (κ1) is 24.4. The number of phosphoric ester groups is 1. The van der Waals surface area contributed by atoms with Crippen molar-refractivity contribution in [3.63, 3.8) is 0 Å². The van der Waals surface area contributed by atoms with Crippen LogP contribution >= 0.6 is 28.5 Å². The molecule has 4 aromatic rings. The van der Waals surface area contributed by atoms with E-state index in [9.17, 15) is 16.4 Å². The van der Waals surface area contributed by atoms with Crippen molar-refractivity contribution >= 4 is 38.5 Å². The predicted octanol–water partition coefficient (Wildman–Crippen LogP) is 5.21. The normalized spacial score (nSPS) is 12.2. The Morgan fingerprint density at radius 3 is 1.94 bits per heavy atom. The van der Waals surface area contributed by atoms with Crippen molar-refractivity contribution < 1.29 is 28.3 Å². The first-order valence-electron chi connectivity index (χ1n) is 9.81. The predicted molar refractivity (Wildman–Crippen MR) is 134 cm³/mol. The summed E-state index contributed by atoms with van der Waals surface area (Å²) in [5.41, 5.74) is 0.907. The molecule has 0 aliphatic heterocycles. The van der Waals surface area contributed by atoms with Crippen molar-refractivity contribution in [3.05, 3.63) is 106 Å². The molecular formula is C22H20IN2O7PS. The minimum absolute atomic E-state index is 0.0393. The van der Waals surface area contributed by atoms with Gasteiger partial charge in [-0.25, -0.2) is 0 Å². The van der Waals surface area contributed by atoms with Crippen LogP contribution in [0.2, 0.25) is 0 Å². The van der Waals surface area contributed by atoms with Crippen LogP contribution in [0.15, 0.2) is 102 Å². The topological polar surface area (TPSA) is 117 Å². The van der Waals surface area contributed by atoms with Gasteiger partial charge in [0, 0.05) is 0 Å². The summed E-state index contributed by atoms with van der Waals surface area (Å²) in [5, 5.41) is 3.86. The van der Waals surface area contributed by atoms with Gasteiger partial charge in [0.2, 0.25) is 0 Å². The maximum atomic E-state index is 13.5. The second-order valence-corrected chi connectivity index (χ2v) is 13.8. The molecule has 4 rings (SSSR count). The van der Waals surface area contributed by atoms with Crippen LogP contribution in [0.4, 0.5) is 0 Å². The molecule has 9 nitrogen and oxygen atoms in total.